The fourth-order valence-electron chi connectivity index (χ4n) is 1.53. The third-order valence-corrected chi connectivity index (χ3v) is 2.63. The molecule has 17 heavy (non-hydrogen) atoms. The van der Waals surface area contributed by atoms with Gasteiger partial charge in [0.05, 0.1) is 5.69 Å². The molecule has 0 bridgehead atoms. The minimum Gasteiger partial charge on any atom is -0.256 e. The molecule has 0 fully saturated rings. The molecule has 0 N–H and O–H groups in total. The quantitative estimate of drug-likeness (QED) is 0.785. The molecule has 0 aliphatic rings. The van der Waals surface area contributed by atoms with Crippen LogP contribution in [0.5, 0.6) is 0 Å². The average Bonchev–Trinajstić information content (AvgIpc) is 2.39. The van der Waals surface area contributed by atoms with Crippen molar-refractivity contribution in [3.05, 3.63) is 47.9 Å². The lowest BCUT2D eigenvalue weighted by atomic mass is 10.0. The van der Waals surface area contributed by atoms with Gasteiger partial charge in [-0.15, -0.1) is 0 Å². The van der Waals surface area contributed by atoms with Gasteiger partial charge < -0.3 is 0 Å². The van der Waals surface area contributed by atoms with Crippen LogP contribution in [0.25, 0.3) is 11.3 Å². The second kappa shape index (κ2) is 4.75. The molecule has 0 aliphatic heterocycles. The summed E-state index contributed by atoms with van der Waals surface area (Å²) in [5.74, 6) is 0.482. The predicted molar refractivity (Wildman–Crippen MR) is 66.3 cm³/mol. The summed E-state index contributed by atoms with van der Waals surface area (Å²) in [6.07, 6.45) is 3.56. The molecule has 3 heteroatoms. The van der Waals surface area contributed by atoms with Gasteiger partial charge in [-0.3, -0.25) is 4.98 Å². The number of hydrogen-bond donors (Lipinski definition) is 0. The largest absolute Gasteiger partial charge is 0.256 e. The van der Waals surface area contributed by atoms with E-state index >= 15 is 0 Å². The average molecular weight is 223 g/mol. The fraction of sp³-hybridized carbons (Fsp3) is 0.214. The van der Waals surface area contributed by atoms with E-state index in [1.54, 1.807) is 12.3 Å². The monoisotopic (exact) mass is 223 g/mol. The van der Waals surface area contributed by atoms with Crippen LogP contribution < -0.4 is 0 Å². The van der Waals surface area contributed by atoms with Gasteiger partial charge in [0.1, 0.15) is 11.8 Å². The molecule has 2 aromatic heterocycles. The summed E-state index contributed by atoms with van der Waals surface area (Å²) >= 11 is 0. The topological polar surface area (TPSA) is 49.6 Å². The Morgan fingerprint density at radius 1 is 1.06 bits per heavy atom. The highest BCUT2D eigenvalue weighted by Gasteiger charge is 2.02. The van der Waals surface area contributed by atoms with Crippen molar-refractivity contribution in [2.45, 2.75) is 19.8 Å². The third kappa shape index (κ3) is 2.48. The SMILES string of the molecule is CC(C)c1ccc(-c2ccc(C#N)nc2)nc1. The number of nitriles is 1. The van der Waals surface area contributed by atoms with E-state index in [4.69, 9.17) is 5.26 Å². The molecule has 2 aromatic rings. The van der Waals surface area contributed by atoms with Gasteiger partial charge in [0.25, 0.3) is 0 Å². The van der Waals surface area contributed by atoms with E-state index < -0.39 is 0 Å². The Morgan fingerprint density at radius 2 is 1.88 bits per heavy atom. The maximum absolute atomic E-state index is 8.67. The Bertz CT molecular complexity index is 533. The Hall–Kier alpha value is -2.21. The molecule has 0 aliphatic carbocycles. The first-order chi connectivity index (χ1) is 8.20. The van der Waals surface area contributed by atoms with Crippen LogP contribution in [-0.4, -0.2) is 9.97 Å². The van der Waals surface area contributed by atoms with E-state index in [2.05, 4.69) is 29.9 Å². The molecule has 0 spiro atoms. The van der Waals surface area contributed by atoms with Gasteiger partial charge >= 0.3 is 0 Å². The minimum atomic E-state index is 0.424. The molecule has 0 aromatic carbocycles. The number of aromatic nitrogens is 2. The summed E-state index contributed by atoms with van der Waals surface area (Å²) in [6, 6.07) is 9.62. The molecule has 2 heterocycles. The van der Waals surface area contributed by atoms with Crippen molar-refractivity contribution in [1.29, 1.82) is 5.26 Å². The Balaban J connectivity index is 2.30. The molecule has 0 radical (unpaired) electrons. The Kier molecular flexibility index (Phi) is 3.15. The zero-order valence-electron chi connectivity index (χ0n) is 9.88. The molecule has 3 nitrogen and oxygen atoms in total. The third-order valence-electron chi connectivity index (χ3n) is 2.63. The van der Waals surface area contributed by atoms with E-state index in [-0.39, 0.29) is 0 Å². The molecule has 0 saturated heterocycles. The lowest BCUT2D eigenvalue weighted by Crippen LogP contribution is -1.91. The van der Waals surface area contributed by atoms with Crippen LogP contribution in [0.3, 0.4) is 0 Å². The van der Waals surface area contributed by atoms with Crippen LogP contribution >= 0.6 is 0 Å². The van der Waals surface area contributed by atoms with Gasteiger partial charge in [-0.05, 0) is 29.7 Å². The predicted octanol–water partition coefficient (Wildman–Crippen LogP) is 3.14. The second-order valence-corrected chi connectivity index (χ2v) is 4.18. The summed E-state index contributed by atoms with van der Waals surface area (Å²) in [7, 11) is 0. The highest BCUT2D eigenvalue weighted by Crippen LogP contribution is 2.19. The molecular formula is C14H13N3. The van der Waals surface area contributed by atoms with Crippen molar-refractivity contribution >= 4 is 0 Å². The molecule has 0 atom stereocenters. The van der Waals surface area contributed by atoms with E-state index in [1.165, 1.54) is 5.56 Å². The molecular weight excluding hydrogens is 210 g/mol. The Labute approximate surface area is 101 Å². The van der Waals surface area contributed by atoms with Crippen LogP contribution in [-0.2, 0) is 0 Å². The van der Waals surface area contributed by atoms with E-state index in [0.717, 1.165) is 11.3 Å². The van der Waals surface area contributed by atoms with Crippen LogP contribution in [0, 0.1) is 11.3 Å². The molecule has 0 saturated carbocycles. The number of nitrogens with zero attached hydrogens (tertiary/aromatic N) is 3. The lowest BCUT2D eigenvalue weighted by Gasteiger charge is -2.05. The van der Waals surface area contributed by atoms with Gasteiger partial charge in [0.15, 0.2) is 0 Å². The normalized spacial score (nSPS) is 10.2. The minimum absolute atomic E-state index is 0.424. The summed E-state index contributed by atoms with van der Waals surface area (Å²) in [4.78, 5) is 8.43. The van der Waals surface area contributed by atoms with Gasteiger partial charge in [0.2, 0.25) is 0 Å². The summed E-state index contributed by atoms with van der Waals surface area (Å²) in [5.41, 5.74) is 3.45. The van der Waals surface area contributed by atoms with E-state index in [9.17, 15) is 0 Å². The Morgan fingerprint density at radius 3 is 2.35 bits per heavy atom. The van der Waals surface area contributed by atoms with E-state index in [0.29, 0.717) is 11.6 Å². The maximum Gasteiger partial charge on any atom is 0.140 e. The first kappa shape index (κ1) is 11.3. The molecule has 84 valence electrons. The van der Waals surface area contributed by atoms with Crippen molar-refractivity contribution < 1.29 is 0 Å². The van der Waals surface area contributed by atoms with Crippen molar-refractivity contribution in [1.82, 2.24) is 9.97 Å². The van der Waals surface area contributed by atoms with Crippen molar-refractivity contribution in [3.8, 4) is 17.3 Å². The van der Waals surface area contributed by atoms with Gasteiger partial charge in [-0.25, -0.2) is 4.98 Å². The van der Waals surface area contributed by atoms with Gasteiger partial charge in [-0.1, -0.05) is 19.9 Å². The fourth-order valence-corrected chi connectivity index (χ4v) is 1.53. The van der Waals surface area contributed by atoms with Crippen molar-refractivity contribution in [2.75, 3.05) is 0 Å². The molecule has 0 unspecified atom stereocenters. The zero-order chi connectivity index (χ0) is 12.3. The number of pyridine rings is 2. The summed E-state index contributed by atoms with van der Waals surface area (Å²) in [5, 5.41) is 8.67. The first-order valence-corrected chi connectivity index (χ1v) is 5.53. The number of hydrogen-bond acceptors (Lipinski definition) is 3. The standard InChI is InChI=1S/C14H13N3/c1-10(2)11-4-6-14(17-8-11)12-3-5-13(7-15)16-9-12/h3-6,8-10H,1-2H3. The molecule has 2 rings (SSSR count). The number of rotatable bonds is 2. The highest BCUT2D eigenvalue weighted by molar-refractivity contribution is 5.58. The first-order valence-electron chi connectivity index (χ1n) is 5.53. The van der Waals surface area contributed by atoms with Crippen molar-refractivity contribution in [3.63, 3.8) is 0 Å². The van der Waals surface area contributed by atoms with Gasteiger partial charge in [0, 0.05) is 18.0 Å². The van der Waals surface area contributed by atoms with E-state index in [1.807, 2.05) is 24.4 Å². The van der Waals surface area contributed by atoms with Crippen LogP contribution in [0.15, 0.2) is 36.7 Å². The lowest BCUT2D eigenvalue weighted by molar-refractivity contribution is 0.859. The summed E-state index contributed by atoms with van der Waals surface area (Å²) < 4.78 is 0. The smallest absolute Gasteiger partial charge is 0.140 e. The van der Waals surface area contributed by atoms with Crippen LogP contribution in [0.2, 0.25) is 0 Å². The summed E-state index contributed by atoms with van der Waals surface area (Å²) in [6.45, 7) is 4.28. The maximum atomic E-state index is 8.67. The second-order valence-electron chi connectivity index (χ2n) is 4.18. The highest BCUT2D eigenvalue weighted by atomic mass is 14.7. The van der Waals surface area contributed by atoms with Gasteiger partial charge in [-0.2, -0.15) is 5.26 Å². The van der Waals surface area contributed by atoms with Crippen LogP contribution in [0.4, 0.5) is 0 Å². The van der Waals surface area contributed by atoms with Crippen LogP contribution in [0.1, 0.15) is 31.0 Å². The molecule has 0 amide bonds. The zero-order valence-corrected chi connectivity index (χ0v) is 9.88. The van der Waals surface area contributed by atoms with Crippen molar-refractivity contribution in [2.24, 2.45) is 0 Å².